The number of hydrogen-bond acceptors (Lipinski definition) is 4. The summed E-state index contributed by atoms with van der Waals surface area (Å²) < 4.78 is 5.94. The van der Waals surface area contributed by atoms with E-state index in [9.17, 15) is 9.59 Å². The number of Topliss-reactive ketones (excluding diaryl/α,β-unsaturated/α-hetero) is 1. The van der Waals surface area contributed by atoms with Crippen LogP contribution in [-0.4, -0.2) is 24.3 Å². The van der Waals surface area contributed by atoms with Gasteiger partial charge < -0.3 is 15.8 Å². The highest BCUT2D eigenvalue weighted by molar-refractivity contribution is 5.85. The van der Waals surface area contributed by atoms with Crippen LogP contribution in [0.15, 0.2) is 54.6 Å². The van der Waals surface area contributed by atoms with Crippen LogP contribution in [0, 0.1) is 11.8 Å². The van der Waals surface area contributed by atoms with Crippen molar-refractivity contribution in [3.8, 4) is 5.75 Å². The summed E-state index contributed by atoms with van der Waals surface area (Å²) in [6, 6.07) is 16.8. The van der Waals surface area contributed by atoms with Gasteiger partial charge >= 0.3 is 0 Å². The first-order valence-corrected chi connectivity index (χ1v) is 13.1. The van der Waals surface area contributed by atoms with Crippen LogP contribution >= 0.6 is 0 Å². The molecule has 192 valence electrons. The van der Waals surface area contributed by atoms with Crippen molar-refractivity contribution in [2.75, 3.05) is 6.61 Å². The first-order chi connectivity index (χ1) is 16.8. The zero-order valence-corrected chi connectivity index (χ0v) is 22.1. The Morgan fingerprint density at radius 2 is 1.57 bits per heavy atom. The molecule has 0 bridgehead atoms. The molecule has 0 saturated heterocycles. The highest BCUT2D eigenvalue weighted by Gasteiger charge is 2.24. The molecule has 0 radical (unpaired) electrons. The van der Waals surface area contributed by atoms with Gasteiger partial charge in [0.1, 0.15) is 11.5 Å². The predicted molar refractivity (Wildman–Crippen MR) is 143 cm³/mol. The van der Waals surface area contributed by atoms with Gasteiger partial charge in [0.05, 0.1) is 24.6 Å². The lowest BCUT2D eigenvalue weighted by Crippen LogP contribution is -2.37. The van der Waals surface area contributed by atoms with Crippen molar-refractivity contribution in [3.05, 3.63) is 65.7 Å². The Labute approximate surface area is 211 Å². The van der Waals surface area contributed by atoms with E-state index in [2.05, 4.69) is 19.2 Å². The van der Waals surface area contributed by atoms with Crippen molar-refractivity contribution in [1.82, 2.24) is 5.32 Å². The number of rotatable bonds is 15. The van der Waals surface area contributed by atoms with E-state index in [1.165, 1.54) is 0 Å². The average Bonchev–Trinajstić information content (AvgIpc) is 2.89. The molecule has 0 aliphatic heterocycles. The maximum absolute atomic E-state index is 13.1. The van der Waals surface area contributed by atoms with Gasteiger partial charge in [-0.05, 0) is 54.9 Å². The van der Waals surface area contributed by atoms with Gasteiger partial charge in [0.2, 0.25) is 5.91 Å². The minimum Gasteiger partial charge on any atom is -0.493 e. The SMILES string of the molecule is CCCC(C)COc1ccc([C@H](CCC(=O)[C@@H](N)[C@@H](C)CC)NC(=O)[C@@H](C)c2ccccc2)cc1. The molecule has 0 aromatic heterocycles. The van der Waals surface area contributed by atoms with Crippen LogP contribution in [0.5, 0.6) is 5.75 Å². The normalized spacial score (nSPS) is 15.5. The lowest BCUT2D eigenvalue weighted by molar-refractivity contribution is -0.124. The average molecular weight is 481 g/mol. The zero-order chi connectivity index (χ0) is 25.8. The smallest absolute Gasteiger partial charge is 0.227 e. The summed E-state index contributed by atoms with van der Waals surface area (Å²) in [5.41, 5.74) is 8.08. The van der Waals surface area contributed by atoms with Crippen LogP contribution in [0.1, 0.15) is 89.8 Å². The van der Waals surface area contributed by atoms with Crippen molar-refractivity contribution >= 4 is 11.7 Å². The van der Waals surface area contributed by atoms with Crippen LogP contribution in [0.2, 0.25) is 0 Å². The van der Waals surface area contributed by atoms with Gasteiger partial charge in [-0.1, -0.05) is 83.0 Å². The lowest BCUT2D eigenvalue weighted by atomic mass is 9.91. The number of ketones is 1. The largest absolute Gasteiger partial charge is 0.493 e. The molecule has 0 fully saturated rings. The summed E-state index contributed by atoms with van der Waals surface area (Å²) >= 11 is 0. The molecule has 0 heterocycles. The molecule has 1 unspecified atom stereocenters. The van der Waals surface area contributed by atoms with E-state index in [0.29, 0.717) is 25.4 Å². The summed E-state index contributed by atoms with van der Waals surface area (Å²) in [4.78, 5) is 25.8. The van der Waals surface area contributed by atoms with E-state index in [0.717, 1.165) is 36.1 Å². The quantitative estimate of drug-likeness (QED) is 0.319. The van der Waals surface area contributed by atoms with E-state index in [4.69, 9.17) is 10.5 Å². The molecular formula is C30H44N2O3. The minimum atomic E-state index is -0.472. The first kappa shape index (κ1) is 28.6. The first-order valence-electron chi connectivity index (χ1n) is 13.1. The van der Waals surface area contributed by atoms with Crippen molar-refractivity contribution in [2.24, 2.45) is 17.6 Å². The Balaban J connectivity index is 2.13. The molecule has 3 N–H and O–H groups in total. The number of benzene rings is 2. The van der Waals surface area contributed by atoms with E-state index in [1.54, 1.807) is 0 Å². The second-order valence-electron chi connectivity index (χ2n) is 9.88. The number of nitrogens with one attached hydrogen (secondary N) is 1. The molecular weight excluding hydrogens is 436 g/mol. The van der Waals surface area contributed by atoms with Crippen LogP contribution in [-0.2, 0) is 9.59 Å². The Kier molecular flexibility index (Phi) is 12.0. The molecule has 5 atom stereocenters. The number of carbonyl (C=O) groups is 2. The van der Waals surface area contributed by atoms with Crippen molar-refractivity contribution in [3.63, 3.8) is 0 Å². The van der Waals surface area contributed by atoms with E-state index in [1.807, 2.05) is 75.4 Å². The van der Waals surface area contributed by atoms with Crippen LogP contribution in [0.4, 0.5) is 0 Å². The third-order valence-electron chi connectivity index (χ3n) is 6.92. The van der Waals surface area contributed by atoms with Gasteiger partial charge in [0, 0.05) is 6.42 Å². The number of carbonyl (C=O) groups excluding carboxylic acids is 2. The number of ether oxygens (including phenoxy) is 1. The fraction of sp³-hybridized carbons (Fsp3) is 0.533. The molecule has 0 spiro atoms. The monoisotopic (exact) mass is 480 g/mol. The predicted octanol–water partition coefficient (Wildman–Crippen LogP) is 6.19. The molecule has 2 aromatic carbocycles. The highest BCUT2D eigenvalue weighted by Crippen LogP contribution is 2.25. The van der Waals surface area contributed by atoms with Gasteiger partial charge in [0.25, 0.3) is 0 Å². The number of amides is 1. The summed E-state index contributed by atoms with van der Waals surface area (Å²) in [5, 5.41) is 3.18. The second-order valence-corrected chi connectivity index (χ2v) is 9.88. The molecule has 35 heavy (non-hydrogen) atoms. The molecule has 2 aromatic rings. The van der Waals surface area contributed by atoms with Crippen LogP contribution in [0.25, 0.3) is 0 Å². The zero-order valence-electron chi connectivity index (χ0n) is 22.1. The fourth-order valence-corrected chi connectivity index (χ4v) is 4.15. The van der Waals surface area contributed by atoms with Gasteiger partial charge in [0.15, 0.2) is 0 Å². The summed E-state index contributed by atoms with van der Waals surface area (Å²) in [6.45, 7) is 11.0. The Hall–Kier alpha value is -2.66. The van der Waals surface area contributed by atoms with E-state index >= 15 is 0 Å². The highest BCUT2D eigenvalue weighted by atomic mass is 16.5. The van der Waals surface area contributed by atoms with Crippen LogP contribution < -0.4 is 15.8 Å². The third-order valence-corrected chi connectivity index (χ3v) is 6.92. The fourth-order valence-electron chi connectivity index (χ4n) is 4.15. The van der Waals surface area contributed by atoms with Crippen LogP contribution in [0.3, 0.4) is 0 Å². The summed E-state index contributed by atoms with van der Waals surface area (Å²) in [7, 11) is 0. The van der Waals surface area contributed by atoms with E-state index in [-0.39, 0.29) is 29.6 Å². The standard InChI is InChI=1S/C30H44N2O3/c1-6-11-21(3)20-35-26-16-14-25(15-17-26)27(18-19-28(33)29(31)22(4)7-2)32-30(34)23(5)24-12-9-8-10-13-24/h8-10,12-17,21-23,27,29H,6-7,11,18-20,31H2,1-5H3,(H,32,34)/t21?,22-,23-,27-,29-/m0/s1. The van der Waals surface area contributed by atoms with Gasteiger partial charge in [-0.2, -0.15) is 0 Å². The Morgan fingerprint density at radius 3 is 2.17 bits per heavy atom. The summed E-state index contributed by atoms with van der Waals surface area (Å²) in [6.07, 6.45) is 3.97. The van der Waals surface area contributed by atoms with Crippen molar-refractivity contribution in [2.45, 2.75) is 84.7 Å². The molecule has 0 saturated carbocycles. The molecule has 2 rings (SSSR count). The lowest BCUT2D eigenvalue weighted by Gasteiger charge is -2.23. The maximum atomic E-state index is 13.1. The van der Waals surface area contributed by atoms with Crippen molar-refractivity contribution in [1.29, 1.82) is 0 Å². The maximum Gasteiger partial charge on any atom is 0.227 e. The number of nitrogens with two attached hydrogens (primary N) is 1. The molecule has 5 heteroatoms. The second kappa shape index (κ2) is 14.7. The van der Waals surface area contributed by atoms with Gasteiger partial charge in [-0.25, -0.2) is 0 Å². The minimum absolute atomic E-state index is 0.0413. The summed E-state index contributed by atoms with van der Waals surface area (Å²) in [5.74, 6) is 1.15. The van der Waals surface area contributed by atoms with Crippen molar-refractivity contribution < 1.29 is 14.3 Å². The van der Waals surface area contributed by atoms with Gasteiger partial charge in [-0.3, -0.25) is 9.59 Å². The van der Waals surface area contributed by atoms with E-state index < -0.39 is 6.04 Å². The molecule has 0 aliphatic rings. The Morgan fingerprint density at radius 1 is 0.914 bits per heavy atom. The molecule has 5 nitrogen and oxygen atoms in total. The molecule has 0 aliphatic carbocycles. The topological polar surface area (TPSA) is 81.4 Å². The third kappa shape index (κ3) is 9.14. The number of hydrogen-bond donors (Lipinski definition) is 2. The molecule has 1 amide bonds. The van der Waals surface area contributed by atoms with Gasteiger partial charge in [-0.15, -0.1) is 0 Å². The Bertz CT molecular complexity index is 898.